The Kier molecular flexibility index (Phi) is 4.19. The molecule has 116 valence electrons. The van der Waals surface area contributed by atoms with Crippen LogP contribution >= 0.6 is 11.3 Å². The minimum Gasteiger partial charge on any atom is -0.397 e. The quantitative estimate of drug-likeness (QED) is 0.818. The monoisotopic (exact) mass is 308 g/mol. The predicted octanol–water partition coefficient (Wildman–Crippen LogP) is 2.37. The van der Waals surface area contributed by atoms with Crippen LogP contribution in [0.1, 0.15) is 47.3 Å². The Bertz CT molecular complexity index is 530. The third-order valence-electron chi connectivity index (χ3n) is 4.31. The van der Waals surface area contributed by atoms with Gasteiger partial charge in [-0.3, -0.25) is 4.79 Å². The lowest BCUT2D eigenvalue weighted by Crippen LogP contribution is -2.46. The van der Waals surface area contributed by atoms with Gasteiger partial charge in [-0.2, -0.15) is 0 Å². The first kappa shape index (κ1) is 14.8. The number of carbonyl (C=O) groups is 1. The third kappa shape index (κ3) is 3.07. The fraction of sp³-hybridized carbons (Fsp3) is 0.667. The average Bonchev–Trinajstić information content (AvgIpc) is 3.26. The third-order valence-corrected chi connectivity index (χ3v) is 5.47. The number of hydrogen-bond donors (Lipinski definition) is 2. The molecule has 0 spiro atoms. The lowest BCUT2D eigenvalue weighted by molar-refractivity contribution is 0.0993. The molecule has 0 bridgehead atoms. The summed E-state index contributed by atoms with van der Waals surface area (Å²) >= 11 is 1.54. The molecule has 2 aliphatic rings. The Morgan fingerprint density at radius 2 is 2.00 bits per heavy atom. The molecule has 1 aromatic rings. The number of carbonyl (C=O) groups excluding carboxylic acids is 1. The molecule has 0 atom stereocenters. The van der Waals surface area contributed by atoms with Crippen LogP contribution in [0.4, 0.5) is 10.7 Å². The van der Waals surface area contributed by atoms with Crippen molar-refractivity contribution in [3.05, 3.63) is 10.4 Å². The Morgan fingerprint density at radius 3 is 2.57 bits per heavy atom. The van der Waals surface area contributed by atoms with Crippen LogP contribution in [0, 0.1) is 0 Å². The van der Waals surface area contributed by atoms with Crippen LogP contribution in [-0.2, 0) is 0 Å². The highest BCUT2D eigenvalue weighted by Gasteiger charge is 2.33. The number of Topliss-reactive ketones (excluding diaryl/α,β-unsaturated/α-hetero) is 1. The van der Waals surface area contributed by atoms with E-state index < -0.39 is 0 Å². The van der Waals surface area contributed by atoms with Gasteiger partial charge in [0.25, 0.3) is 0 Å². The summed E-state index contributed by atoms with van der Waals surface area (Å²) in [7, 11) is 2.15. The molecule has 0 amide bonds. The summed E-state index contributed by atoms with van der Waals surface area (Å²) in [5, 5.41) is 3.34. The number of hydrazine groups is 1. The van der Waals surface area contributed by atoms with Crippen LogP contribution in [0.25, 0.3) is 0 Å². The van der Waals surface area contributed by atoms with E-state index in [0.717, 1.165) is 41.7 Å². The highest BCUT2D eigenvalue weighted by molar-refractivity contribution is 7.18. The van der Waals surface area contributed by atoms with Gasteiger partial charge < -0.3 is 16.1 Å². The van der Waals surface area contributed by atoms with Crippen LogP contribution < -0.4 is 11.2 Å². The number of likely N-dealkylation sites (N-methyl/N-ethyl adjacent to an activating group) is 1. The molecule has 1 aromatic heterocycles. The van der Waals surface area contributed by atoms with E-state index in [-0.39, 0.29) is 5.78 Å². The number of anilines is 2. The number of thiophene rings is 1. The maximum atomic E-state index is 12.1. The minimum absolute atomic E-state index is 0.158. The first-order valence-corrected chi connectivity index (χ1v) is 8.57. The second-order valence-electron chi connectivity index (χ2n) is 6.04. The molecule has 1 aliphatic heterocycles. The molecule has 2 fully saturated rings. The van der Waals surface area contributed by atoms with Gasteiger partial charge in [0.2, 0.25) is 0 Å². The van der Waals surface area contributed by atoms with Gasteiger partial charge >= 0.3 is 0 Å². The topological polar surface area (TPSA) is 61.6 Å². The summed E-state index contributed by atoms with van der Waals surface area (Å²) in [5.41, 5.74) is 11.7. The largest absolute Gasteiger partial charge is 0.397 e. The maximum Gasteiger partial charge on any atom is 0.174 e. The maximum absolute atomic E-state index is 12.1. The molecule has 21 heavy (non-hydrogen) atoms. The highest BCUT2D eigenvalue weighted by Crippen LogP contribution is 2.51. The summed E-state index contributed by atoms with van der Waals surface area (Å²) in [6, 6.07) is 0. The number of nitrogens with zero attached hydrogens (tertiary/aromatic N) is 2. The number of nitrogens with two attached hydrogens (primary N) is 1. The lowest BCUT2D eigenvalue weighted by atomic mass is 10.1. The van der Waals surface area contributed by atoms with Crippen molar-refractivity contribution in [1.82, 2.24) is 9.91 Å². The summed E-state index contributed by atoms with van der Waals surface area (Å²) < 4.78 is 0. The van der Waals surface area contributed by atoms with Crippen molar-refractivity contribution in [1.29, 1.82) is 0 Å². The zero-order chi connectivity index (χ0) is 15.0. The predicted molar refractivity (Wildman–Crippen MR) is 88.0 cm³/mol. The molecule has 1 saturated heterocycles. The smallest absolute Gasteiger partial charge is 0.174 e. The minimum atomic E-state index is 0.158. The van der Waals surface area contributed by atoms with Crippen LogP contribution in [0.2, 0.25) is 0 Å². The lowest BCUT2D eigenvalue weighted by Gasteiger charge is -2.33. The fourth-order valence-corrected chi connectivity index (χ4v) is 3.99. The second-order valence-corrected chi connectivity index (χ2v) is 7.06. The number of ketones is 1. The van der Waals surface area contributed by atoms with Crippen LogP contribution in [-0.4, -0.2) is 48.9 Å². The zero-order valence-electron chi connectivity index (χ0n) is 12.8. The second kappa shape index (κ2) is 5.94. The standard InChI is InChI=1S/C15H24N4OS/c1-3-11(20)14-13(16)12(10-4-5-10)15(21-14)17-19-8-6-18(2)7-9-19/h10,17H,3-9,16H2,1-2H3. The van der Waals surface area contributed by atoms with Gasteiger partial charge in [0.05, 0.1) is 10.6 Å². The van der Waals surface area contributed by atoms with Crippen molar-refractivity contribution in [2.75, 3.05) is 44.4 Å². The first-order chi connectivity index (χ1) is 10.1. The molecule has 6 heteroatoms. The first-order valence-electron chi connectivity index (χ1n) is 7.75. The molecule has 5 nitrogen and oxygen atoms in total. The van der Waals surface area contributed by atoms with Crippen molar-refractivity contribution >= 4 is 27.8 Å². The van der Waals surface area contributed by atoms with Gasteiger partial charge in [0.1, 0.15) is 5.00 Å². The Hall–Kier alpha value is -1.11. The average molecular weight is 308 g/mol. The normalized spacial score (nSPS) is 20.7. The van der Waals surface area contributed by atoms with E-state index in [1.165, 1.54) is 18.4 Å². The van der Waals surface area contributed by atoms with E-state index in [2.05, 4.69) is 22.4 Å². The molecular formula is C15H24N4OS. The van der Waals surface area contributed by atoms with Gasteiger partial charge in [0, 0.05) is 38.2 Å². The molecule has 3 N–H and O–H groups in total. The number of nitrogens with one attached hydrogen (secondary N) is 1. The molecular weight excluding hydrogens is 284 g/mol. The van der Waals surface area contributed by atoms with Crippen LogP contribution in [0.3, 0.4) is 0 Å². The Balaban J connectivity index is 1.81. The molecule has 1 saturated carbocycles. The van der Waals surface area contributed by atoms with Crippen molar-refractivity contribution in [2.24, 2.45) is 0 Å². The van der Waals surface area contributed by atoms with Crippen molar-refractivity contribution in [3.8, 4) is 0 Å². The Labute approximate surface area is 130 Å². The van der Waals surface area contributed by atoms with Crippen molar-refractivity contribution in [3.63, 3.8) is 0 Å². The Morgan fingerprint density at radius 1 is 1.33 bits per heavy atom. The van der Waals surface area contributed by atoms with Crippen LogP contribution in [0.15, 0.2) is 0 Å². The molecule has 0 aromatic carbocycles. The van der Waals surface area contributed by atoms with Gasteiger partial charge in [-0.15, -0.1) is 11.3 Å². The summed E-state index contributed by atoms with van der Waals surface area (Å²) in [6.07, 6.45) is 2.90. The molecule has 0 unspecified atom stereocenters. The summed E-state index contributed by atoms with van der Waals surface area (Å²) in [5.74, 6) is 0.709. The van der Waals surface area contributed by atoms with E-state index in [1.807, 2.05) is 6.92 Å². The van der Waals surface area contributed by atoms with Gasteiger partial charge in [0.15, 0.2) is 5.78 Å². The van der Waals surface area contributed by atoms with Crippen molar-refractivity contribution in [2.45, 2.75) is 32.1 Å². The fourth-order valence-electron chi connectivity index (χ4n) is 2.75. The zero-order valence-corrected chi connectivity index (χ0v) is 13.6. The highest BCUT2D eigenvalue weighted by atomic mass is 32.1. The molecule has 3 rings (SSSR count). The van der Waals surface area contributed by atoms with E-state index in [1.54, 1.807) is 11.3 Å². The van der Waals surface area contributed by atoms with Gasteiger partial charge in [-0.25, -0.2) is 5.01 Å². The van der Waals surface area contributed by atoms with E-state index in [0.29, 0.717) is 12.3 Å². The molecule has 1 aliphatic carbocycles. The number of hydrogen-bond acceptors (Lipinski definition) is 6. The van der Waals surface area contributed by atoms with E-state index in [4.69, 9.17) is 5.73 Å². The van der Waals surface area contributed by atoms with Gasteiger partial charge in [-0.05, 0) is 25.8 Å². The molecule has 0 radical (unpaired) electrons. The van der Waals surface area contributed by atoms with E-state index in [9.17, 15) is 4.79 Å². The number of piperazine rings is 1. The number of rotatable bonds is 5. The number of nitrogen functional groups attached to an aromatic ring is 1. The van der Waals surface area contributed by atoms with Crippen LogP contribution in [0.5, 0.6) is 0 Å². The molecule has 2 heterocycles. The van der Waals surface area contributed by atoms with Gasteiger partial charge in [-0.1, -0.05) is 6.92 Å². The van der Waals surface area contributed by atoms with Crippen molar-refractivity contribution < 1.29 is 4.79 Å². The summed E-state index contributed by atoms with van der Waals surface area (Å²) in [4.78, 5) is 15.1. The summed E-state index contributed by atoms with van der Waals surface area (Å²) in [6.45, 7) is 6.01. The van der Waals surface area contributed by atoms with E-state index >= 15 is 0 Å². The SMILES string of the molecule is CCC(=O)c1sc(NN2CCN(C)CC2)c(C2CC2)c1N.